The fourth-order valence-corrected chi connectivity index (χ4v) is 5.95. The first-order chi connectivity index (χ1) is 16.0. The second-order valence-electron chi connectivity index (χ2n) is 9.90. The van der Waals surface area contributed by atoms with Gasteiger partial charge in [-0.3, -0.25) is 14.6 Å². The molecule has 2 fully saturated rings. The van der Waals surface area contributed by atoms with Gasteiger partial charge >= 0.3 is 0 Å². The minimum atomic E-state index is -0.495. The number of anilines is 1. The Bertz CT molecular complexity index is 980. The lowest BCUT2D eigenvalue weighted by Crippen LogP contribution is -2.63. The Hall–Kier alpha value is -2.51. The van der Waals surface area contributed by atoms with Crippen molar-refractivity contribution in [2.24, 2.45) is 5.73 Å². The molecule has 2 N–H and O–H groups in total. The number of benzene rings is 1. The zero-order valence-electron chi connectivity index (χ0n) is 19.8. The predicted molar refractivity (Wildman–Crippen MR) is 130 cm³/mol. The van der Waals surface area contributed by atoms with Gasteiger partial charge in [-0.2, -0.15) is 0 Å². The third-order valence-electron chi connectivity index (χ3n) is 7.79. The minimum absolute atomic E-state index is 0.151. The van der Waals surface area contributed by atoms with Gasteiger partial charge in [0.15, 0.2) is 0 Å². The number of aromatic nitrogens is 2. The summed E-state index contributed by atoms with van der Waals surface area (Å²) in [5, 5.41) is 0. The Morgan fingerprint density at radius 3 is 2.42 bits per heavy atom. The fourth-order valence-electron chi connectivity index (χ4n) is 5.95. The van der Waals surface area contributed by atoms with Crippen molar-refractivity contribution in [3.8, 4) is 0 Å². The van der Waals surface area contributed by atoms with Crippen molar-refractivity contribution in [1.82, 2.24) is 19.8 Å². The molecule has 1 amide bonds. The van der Waals surface area contributed by atoms with E-state index in [0.29, 0.717) is 0 Å². The van der Waals surface area contributed by atoms with Gasteiger partial charge in [0.1, 0.15) is 17.2 Å². The van der Waals surface area contributed by atoms with E-state index in [1.807, 2.05) is 6.92 Å². The quantitative estimate of drug-likeness (QED) is 0.758. The molecule has 0 bridgehead atoms. The van der Waals surface area contributed by atoms with E-state index >= 15 is 0 Å². The Morgan fingerprint density at radius 1 is 1.00 bits per heavy atom. The fraction of sp³-hybridized carbons (Fsp3) is 0.577. The van der Waals surface area contributed by atoms with Crippen molar-refractivity contribution >= 4 is 11.7 Å². The molecule has 3 aliphatic heterocycles. The van der Waals surface area contributed by atoms with Crippen LogP contribution in [0.1, 0.15) is 54.7 Å². The van der Waals surface area contributed by atoms with E-state index in [1.54, 1.807) is 0 Å². The Balaban J connectivity index is 1.32. The molecule has 5 rings (SSSR count). The number of fused-ring (bicyclic) bond motifs is 1. The lowest BCUT2D eigenvalue weighted by Gasteiger charge is -2.48. The standard InChI is InChI=1S/C26H36N6O/c1-20-28-23-19-30(18-21-8-4-2-5-9-21)15-10-22(23)24(29-20)31-16-11-26(12-17-31,25(27)33)32-13-6-3-7-14-32/h2,4-5,8-9H,3,6-7,10-19H2,1H3,(H2,27,33). The molecule has 2 saturated heterocycles. The molecule has 33 heavy (non-hydrogen) atoms. The summed E-state index contributed by atoms with van der Waals surface area (Å²) in [5.41, 5.74) is 9.28. The summed E-state index contributed by atoms with van der Waals surface area (Å²) in [4.78, 5) is 29.6. The van der Waals surface area contributed by atoms with E-state index in [0.717, 1.165) is 95.3 Å². The summed E-state index contributed by atoms with van der Waals surface area (Å²) in [5.74, 6) is 1.75. The molecule has 1 aromatic carbocycles. The second kappa shape index (κ2) is 9.39. The maximum Gasteiger partial charge on any atom is 0.238 e. The van der Waals surface area contributed by atoms with Crippen molar-refractivity contribution in [1.29, 1.82) is 0 Å². The lowest BCUT2D eigenvalue weighted by molar-refractivity contribution is -0.132. The number of amides is 1. The largest absolute Gasteiger partial charge is 0.368 e. The zero-order valence-corrected chi connectivity index (χ0v) is 19.8. The van der Waals surface area contributed by atoms with Crippen LogP contribution in [0, 0.1) is 6.92 Å². The third kappa shape index (κ3) is 4.49. The summed E-state index contributed by atoms with van der Waals surface area (Å²) in [6.07, 6.45) is 6.10. The monoisotopic (exact) mass is 448 g/mol. The van der Waals surface area contributed by atoms with Crippen molar-refractivity contribution < 1.29 is 4.79 Å². The van der Waals surface area contributed by atoms with Crippen LogP contribution < -0.4 is 10.6 Å². The molecule has 2 aromatic rings. The van der Waals surface area contributed by atoms with Gasteiger partial charge in [0.2, 0.25) is 5.91 Å². The maximum absolute atomic E-state index is 12.6. The number of primary amides is 1. The zero-order chi connectivity index (χ0) is 22.8. The number of hydrogen-bond acceptors (Lipinski definition) is 6. The highest BCUT2D eigenvalue weighted by Gasteiger charge is 2.45. The van der Waals surface area contributed by atoms with Crippen LogP contribution >= 0.6 is 0 Å². The number of carbonyl (C=O) groups is 1. The molecule has 1 aromatic heterocycles. The molecule has 3 aliphatic rings. The van der Waals surface area contributed by atoms with Crippen molar-refractivity contribution in [3.63, 3.8) is 0 Å². The molecule has 0 aliphatic carbocycles. The number of nitrogens with two attached hydrogens (primary N) is 1. The van der Waals surface area contributed by atoms with Crippen molar-refractivity contribution in [2.75, 3.05) is 37.6 Å². The molecule has 0 spiro atoms. The average molecular weight is 449 g/mol. The van der Waals surface area contributed by atoms with Crippen LogP contribution in [0.2, 0.25) is 0 Å². The van der Waals surface area contributed by atoms with Crippen molar-refractivity contribution in [3.05, 3.63) is 53.0 Å². The number of aryl methyl sites for hydroxylation is 1. The Labute approximate surface area is 197 Å². The van der Waals surface area contributed by atoms with E-state index in [2.05, 4.69) is 45.0 Å². The average Bonchev–Trinajstić information content (AvgIpc) is 2.84. The highest BCUT2D eigenvalue weighted by Crippen LogP contribution is 2.35. The topological polar surface area (TPSA) is 78.6 Å². The first-order valence-electron chi connectivity index (χ1n) is 12.5. The SMILES string of the molecule is Cc1nc2c(c(N3CCC(C(N)=O)(N4CCCCC4)CC3)n1)CCN(Cc1ccccc1)C2. The summed E-state index contributed by atoms with van der Waals surface area (Å²) in [6, 6.07) is 10.6. The molecule has 7 nitrogen and oxygen atoms in total. The van der Waals surface area contributed by atoms with E-state index in [4.69, 9.17) is 15.7 Å². The van der Waals surface area contributed by atoms with Crippen LogP contribution in [0.5, 0.6) is 0 Å². The van der Waals surface area contributed by atoms with E-state index in [1.165, 1.54) is 17.5 Å². The van der Waals surface area contributed by atoms with Crippen molar-refractivity contribution in [2.45, 2.75) is 64.1 Å². The van der Waals surface area contributed by atoms with Crippen LogP contribution in [0.15, 0.2) is 30.3 Å². The molecule has 0 radical (unpaired) electrons. The number of nitrogens with zero attached hydrogens (tertiary/aromatic N) is 5. The van der Waals surface area contributed by atoms with Gasteiger partial charge in [-0.25, -0.2) is 9.97 Å². The van der Waals surface area contributed by atoms with Crippen LogP contribution in [-0.4, -0.2) is 63.9 Å². The van der Waals surface area contributed by atoms with Gasteiger partial charge < -0.3 is 10.6 Å². The second-order valence-corrected chi connectivity index (χ2v) is 9.90. The van der Waals surface area contributed by atoms with Crippen LogP contribution in [0.3, 0.4) is 0 Å². The molecule has 176 valence electrons. The minimum Gasteiger partial charge on any atom is -0.368 e. The molecular formula is C26H36N6O. The van der Waals surface area contributed by atoms with Crippen LogP contribution in [-0.2, 0) is 24.3 Å². The summed E-state index contributed by atoms with van der Waals surface area (Å²) in [6.45, 7) is 8.41. The van der Waals surface area contributed by atoms with Gasteiger partial charge in [-0.05, 0) is 57.7 Å². The summed E-state index contributed by atoms with van der Waals surface area (Å²) >= 11 is 0. The van der Waals surface area contributed by atoms with Gasteiger partial charge in [0, 0.05) is 38.3 Å². The highest BCUT2D eigenvalue weighted by atomic mass is 16.1. The molecule has 7 heteroatoms. The normalized spacial score (nSPS) is 21.5. The Kier molecular flexibility index (Phi) is 6.34. The van der Waals surface area contributed by atoms with Gasteiger partial charge in [-0.15, -0.1) is 0 Å². The number of rotatable bonds is 5. The van der Waals surface area contributed by atoms with E-state index < -0.39 is 5.54 Å². The highest BCUT2D eigenvalue weighted by molar-refractivity contribution is 5.85. The van der Waals surface area contributed by atoms with Crippen LogP contribution in [0.4, 0.5) is 5.82 Å². The van der Waals surface area contributed by atoms with Crippen LogP contribution in [0.25, 0.3) is 0 Å². The third-order valence-corrected chi connectivity index (χ3v) is 7.79. The number of piperidine rings is 2. The van der Waals surface area contributed by atoms with Gasteiger partial charge in [0.05, 0.1) is 5.69 Å². The molecule has 4 heterocycles. The number of carbonyl (C=O) groups excluding carboxylic acids is 1. The summed E-state index contributed by atoms with van der Waals surface area (Å²) < 4.78 is 0. The number of hydrogen-bond donors (Lipinski definition) is 1. The summed E-state index contributed by atoms with van der Waals surface area (Å²) in [7, 11) is 0. The smallest absolute Gasteiger partial charge is 0.238 e. The molecule has 0 unspecified atom stereocenters. The molecule has 0 atom stereocenters. The predicted octanol–water partition coefficient (Wildman–Crippen LogP) is 2.65. The maximum atomic E-state index is 12.6. The first-order valence-corrected chi connectivity index (χ1v) is 12.5. The Morgan fingerprint density at radius 2 is 1.73 bits per heavy atom. The van der Waals surface area contributed by atoms with Gasteiger partial charge in [-0.1, -0.05) is 36.8 Å². The number of likely N-dealkylation sites (tertiary alicyclic amines) is 1. The van der Waals surface area contributed by atoms with Gasteiger partial charge in [0.25, 0.3) is 0 Å². The van der Waals surface area contributed by atoms with E-state index in [-0.39, 0.29) is 5.91 Å². The first kappa shape index (κ1) is 22.3. The molecular weight excluding hydrogens is 412 g/mol. The lowest BCUT2D eigenvalue weighted by atomic mass is 9.83. The van der Waals surface area contributed by atoms with E-state index in [9.17, 15) is 4.79 Å². The molecule has 0 saturated carbocycles.